The molecule has 2 fully saturated rings. The van der Waals surface area contributed by atoms with E-state index in [0.717, 1.165) is 6.42 Å². The van der Waals surface area contributed by atoms with Crippen LogP contribution in [0.2, 0.25) is 0 Å². The molecule has 23 heavy (non-hydrogen) atoms. The summed E-state index contributed by atoms with van der Waals surface area (Å²) in [5.74, 6) is -0.405. The van der Waals surface area contributed by atoms with Gasteiger partial charge in [-0.2, -0.15) is 0 Å². The van der Waals surface area contributed by atoms with Gasteiger partial charge in [0.1, 0.15) is 5.82 Å². The molecular formula is C17H23FN2O3. The Kier molecular flexibility index (Phi) is 5.25. The third-order valence-corrected chi connectivity index (χ3v) is 4.67. The molecule has 0 aliphatic carbocycles. The monoisotopic (exact) mass is 322 g/mol. The first-order valence-corrected chi connectivity index (χ1v) is 8.06. The second kappa shape index (κ2) is 7.38. The Labute approximate surface area is 135 Å². The van der Waals surface area contributed by atoms with E-state index < -0.39 is 0 Å². The molecule has 2 aliphatic rings. The van der Waals surface area contributed by atoms with E-state index in [0.29, 0.717) is 38.4 Å². The number of nitrogens with one attached hydrogen (secondary N) is 1. The van der Waals surface area contributed by atoms with Crippen LogP contribution in [0.25, 0.3) is 0 Å². The summed E-state index contributed by atoms with van der Waals surface area (Å²) >= 11 is 0. The number of benzene rings is 1. The minimum atomic E-state index is -0.203. The molecule has 0 saturated carbocycles. The first-order chi connectivity index (χ1) is 11.2. The van der Waals surface area contributed by atoms with Crippen molar-refractivity contribution >= 4 is 5.91 Å². The topological polar surface area (TPSA) is 50.8 Å². The van der Waals surface area contributed by atoms with Gasteiger partial charge in [0.25, 0.3) is 0 Å². The zero-order valence-electron chi connectivity index (χ0n) is 13.3. The van der Waals surface area contributed by atoms with Crippen LogP contribution >= 0.6 is 0 Å². The van der Waals surface area contributed by atoms with Gasteiger partial charge >= 0.3 is 0 Å². The average molecular weight is 322 g/mol. The van der Waals surface area contributed by atoms with Crippen LogP contribution in [0.1, 0.15) is 12.0 Å². The van der Waals surface area contributed by atoms with E-state index >= 15 is 0 Å². The van der Waals surface area contributed by atoms with Crippen LogP contribution in [-0.4, -0.2) is 56.4 Å². The fourth-order valence-electron chi connectivity index (χ4n) is 3.53. The molecule has 0 spiro atoms. The Morgan fingerprint density at radius 3 is 3.09 bits per heavy atom. The first kappa shape index (κ1) is 16.4. The highest BCUT2D eigenvalue weighted by atomic mass is 19.1. The largest absolute Gasteiger partial charge is 0.383 e. The van der Waals surface area contributed by atoms with Crippen molar-refractivity contribution < 1.29 is 18.7 Å². The molecule has 1 N–H and O–H groups in total. The van der Waals surface area contributed by atoms with Gasteiger partial charge in [-0.05, 0) is 12.5 Å². The van der Waals surface area contributed by atoms with Gasteiger partial charge in [0.15, 0.2) is 0 Å². The molecule has 1 aromatic rings. The number of rotatable bonds is 6. The van der Waals surface area contributed by atoms with Crippen molar-refractivity contribution in [1.82, 2.24) is 10.2 Å². The summed E-state index contributed by atoms with van der Waals surface area (Å²) in [5, 5.41) is 2.89. The fraction of sp³-hybridized carbons (Fsp3) is 0.588. The highest BCUT2D eigenvalue weighted by Crippen LogP contribution is 2.34. The molecule has 0 bridgehead atoms. The number of ether oxygens (including phenoxy) is 2. The molecule has 3 atom stereocenters. The van der Waals surface area contributed by atoms with Gasteiger partial charge in [0, 0.05) is 45.0 Å². The summed E-state index contributed by atoms with van der Waals surface area (Å²) in [4.78, 5) is 14.6. The molecular weight excluding hydrogens is 299 g/mol. The van der Waals surface area contributed by atoms with Crippen LogP contribution in [0, 0.1) is 11.7 Å². The van der Waals surface area contributed by atoms with Gasteiger partial charge in [-0.15, -0.1) is 0 Å². The summed E-state index contributed by atoms with van der Waals surface area (Å²) in [6.45, 7) is 2.76. The van der Waals surface area contributed by atoms with Crippen molar-refractivity contribution in [2.75, 3.05) is 33.4 Å². The lowest BCUT2D eigenvalue weighted by atomic mass is 10.0. The van der Waals surface area contributed by atoms with Crippen LogP contribution in [0.4, 0.5) is 4.39 Å². The van der Waals surface area contributed by atoms with E-state index in [9.17, 15) is 9.18 Å². The highest BCUT2D eigenvalue weighted by Gasteiger charge is 2.48. The van der Waals surface area contributed by atoms with Gasteiger partial charge in [0.2, 0.25) is 5.91 Å². The van der Waals surface area contributed by atoms with Crippen LogP contribution in [0.15, 0.2) is 24.3 Å². The Bertz CT molecular complexity index is 554. The summed E-state index contributed by atoms with van der Waals surface area (Å²) < 4.78 is 24.6. The number of hydrogen-bond donors (Lipinski definition) is 1. The molecule has 1 aromatic carbocycles. The zero-order chi connectivity index (χ0) is 16.2. The molecule has 0 unspecified atom stereocenters. The Morgan fingerprint density at radius 1 is 1.48 bits per heavy atom. The predicted octanol–water partition coefficient (Wildman–Crippen LogP) is 1.18. The molecule has 126 valence electrons. The highest BCUT2D eigenvalue weighted by molar-refractivity contribution is 5.80. The maximum Gasteiger partial charge on any atom is 0.227 e. The lowest BCUT2D eigenvalue weighted by molar-refractivity contribution is -0.127. The van der Waals surface area contributed by atoms with Crippen molar-refractivity contribution in [2.24, 2.45) is 5.92 Å². The Hall–Kier alpha value is -1.50. The number of fused-ring (bicyclic) bond motifs is 1. The number of nitrogens with zero attached hydrogens (tertiary/aromatic N) is 1. The van der Waals surface area contributed by atoms with Crippen molar-refractivity contribution in [3.05, 3.63) is 35.6 Å². The second-order valence-electron chi connectivity index (χ2n) is 6.10. The lowest BCUT2D eigenvalue weighted by Crippen LogP contribution is -2.39. The summed E-state index contributed by atoms with van der Waals surface area (Å²) in [5.41, 5.74) is 0.665. The van der Waals surface area contributed by atoms with E-state index in [-0.39, 0.29) is 29.8 Å². The van der Waals surface area contributed by atoms with Gasteiger partial charge < -0.3 is 14.8 Å². The smallest absolute Gasteiger partial charge is 0.227 e. The zero-order valence-corrected chi connectivity index (χ0v) is 13.3. The van der Waals surface area contributed by atoms with E-state index in [1.807, 2.05) is 6.07 Å². The maximum atomic E-state index is 13.9. The predicted molar refractivity (Wildman–Crippen MR) is 83.3 cm³/mol. The fourth-order valence-corrected chi connectivity index (χ4v) is 3.53. The van der Waals surface area contributed by atoms with E-state index in [1.165, 1.54) is 6.07 Å². The van der Waals surface area contributed by atoms with Crippen molar-refractivity contribution in [3.8, 4) is 0 Å². The SMILES string of the molecule is COCCNC(=O)[C@H]1CN(Cc2ccccc2F)[C@@H]2CCO[C@H]12. The Balaban J connectivity index is 1.66. The third kappa shape index (κ3) is 3.54. The molecule has 1 amide bonds. The number of amides is 1. The second-order valence-corrected chi connectivity index (χ2v) is 6.10. The normalized spacial score (nSPS) is 27.1. The van der Waals surface area contributed by atoms with E-state index in [1.54, 1.807) is 19.2 Å². The van der Waals surface area contributed by atoms with Crippen LogP contribution in [0.3, 0.4) is 0 Å². The molecule has 2 heterocycles. The number of methoxy groups -OCH3 is 1. The van der Waals surface area contributed by atoms with Crippen molar-refractivity contribution in [3.63, 3.8) is 0 Å². The molecule has 3 rings (SSSR count). The van der Waals surface area contributed by atoms with Gasteiger partial charge in [0.05, 0.1) is 18.6 Å². The minimum Gasteiger partial charge on any atom is -0.383 e. The Morgan fingerprint density at radius 2 is 2.30 bits per heavy atom. The molecule has 6 heteroatoms. The van der Waals surface area contributed by atoms with Gasteiger partial charge in [-0.3, -0.25) is 9.69 Å². The van der Waals surface area contributed by atoms with E-state index in [2.05, 4.69) is 10.2 Å². The number of carbonyl (C=O) groups excluding carboxylic acids is 1. The summed E-state index contributed by atoms with van der Waals surface area (Å²) in [6.07, 6.45) is 0.797. The lowest BCUT2D eigenvalue weighted by Gasteiger charge is -2.22. The van der Waals surface area contributed by atoms with Crippen LogP contribution in [-0.2, 0) is 20.8 Å². The standard InChI is InChI=1S/C17H23FN2O3/c1-22-9-7-19-17(21)13-11-20(15-6-8-23-16(13)15)10-12-4-2-3-5-14(12)18/h2-5,13,15-16H,6-11H2,1H3,(H,19,21)/t13-,15+,16+/m0/s1. The quantitative estimate of drug-likeness (QED) is 0.799. The van der Waals surface area contributed by atoms with Crippen LogP contribution in [0.5, 0.6) is 0 Å². The number of halogens is 1. The average Bonchev–Trinajstić information content (AvgIpc) is 3.13. The van der Waals surface area contributed by atoms with Crippen LogP contribution < -0.4 is 5.32 Å². The summed E-state index contributed by atoms with van der Waals surface area (Å²) in [7, 11) is 1.61. The number of hydrogen-bond acceptors (Lipinski definition) is 4. The molecule has 2 aliphatic heterocycles. The molecule has 5 nitrogen and oxygen atoms in total. The molecule has 2 saturated heterocycles. The number of carbonyl (C=O) groups is 1. The molecule has 0 radical (unpaired) electrons. The third-order valence-electron chi connectivity index (χ3n) is 4.67. The van der Waals surface area contributed by atoms with Crippen molar-refractivity contribution in [2.45, 2.75) is 25.1 Å². The first-order valence-electron chi connectivity index (χ1n) is 8.06. The van der Waals surface area contributed by atoms with Gasteiger partial charge in [-0.25, -0.2) is 4.39 Å². The molecule has 0 aromatic heterocycles. The van der Waals surface area contributed by atoms with Gasteiger partial charge in [-0.1, -0.05) is 18.2 Å². The number of likely N-dealkylation sites (tertiary alicyclic amines) is 1. The minimum absolute atomic E-state index is 0.00464. The summed E-state index contributed by atoms with van der Waals surface area (Å²) in [6, 6.07) is 6.99. The van der Waals surface area contributed by atoms with Crippen molar-refractivity contribution in [1.29, 1.82) is 0 Å². The van der Waals surface area contributed by atoms with E-state index in [4.69, 9.17) is 9.47 Å². The maximum absolute atomic E-state index is 13.9.